The van der Waals surface area contributed by atoms with Gasteiger partial charge >= 0.3 is 5.97 Å². The monoisotopic (exact) mass is 205 g/mol. The molecule has 1 aromatic carbocycles. The van der Waals surface area contributed by atoms with Gasteiger partial charge in [0.2, 0.25) is 0 Å². The van der Waals surface area contributed by atoms with E-state index in [0.29, 0.717) is 5.56 Å². The first-order valence-corrected chi connectivity index (χ1v) is 4.51. The molecule has 0 fully saturated rings. The third kappa shape index (κ3) is 2.08. The van der Waals surface area contributed by atoms with E-state index in [1.807, 2.05) is 6.07 Å². The van der Waals surface area contributed by atoms with Crippen LogP contribution in [0.5, 0.6) is 5.75 Å². The Morgan fingerprint density at radius 3 is 2.80 bits per heavy atom. The Hall–Kier alpha value is -2.02. The number of nitrogens with zero attached hydrogens (tertiary/aromatic N) is 1. The average molecular weight is 205 g/mol. The lowest BCUT2D eigenvalue weighted by atomic mass is 10.0. The highest BCUT2D eigenvalue weighted by Crippen LogP contribution is 2.24. The molecule has 0 amide bonds. The Morgan fingerprint density at radius 2 is 2.27 bits per heavy atom. The predicted octanol–water partition coefficient (Wildman–Crippen LogP) is 1.75. The summed E-state index contributed by atoms with van der Waals surface area (Å²) < 4.78 is 4.76. The number of ether oxygens (including phenoxy) is 1. The van der Waals surface area contributed by atoms with Gasteiger partial charge in [0.15, 0.2) is 0 Å². The molecule has 0 heterocycles. The fourth-order valence-corrected chi connectivity index (χ4v) is 1.25. The van der Waals surface area contributed by atoms with Crippen LogP contribution in [0.4, 0.5) is 0 Å². The van der Waals surface area contributed by atoms with E-state index < -0.39 is 5.97 Å². The number of hydrogen-bond donors (Lipinski definition) is 1. The maximum Gasteiger partial charge on any atom is 0.343 e. The van der Waals surface area contributed by atoms with Gasteiger partial charge in [-0.3, -0.25) is 0 Å². The van der Waals surface area contributed by atoms with E-state index >= 15 is 0 Å². The summed E-state index contributed by atoms with van der Waals surface area (Å²) in [6.07, 6.45) is 0. The number of phenols is 1. The van der Waals surface area contributed by atoms with Crippen LogP contribution < -0.4 is 0 Å². The van der Waals surface area contributed by atoms with E-state index in [1.54, 1.807) is 19.9 Å². The highest BCUT2D eigenvalue weighted by Gasteiger charge is 2.19. The number of rotatable bonds is 2. The summed E-state index contributed by atoms with van der Waals surface area (Å²) in [5, 5.41) is 18.4. The van der Waals surface area contributed by atoms with Crippen molar-refractivity contribution in [3.05, 3.63) is 28.8 Å². The molecule has 0 aromatic heterocycles. The molecule has 4 nitrogen and oxygen atoms in total. The number of nitriles is 1. The van der Waals surface area contributed by atoms with Crippen molar-refractivity contribution >= 4 is 5.97 Å². The zero-order chi connectivity index (χ0) is 11.4. The zero-order valence-electron chi connectivity index (χ0n) is 8.57. The van der Waals surface area contributed by atoms with Gasteiger partial charge in [0.25, 0.3) is 0 Å². The Morgan fingerprint density at radius 1 is 1.60 bits per heavy atom. The molecule has 0 atom stereocenters. The molecular formula is C11H11NO3. The number of aromatic hydroxyl groups is 1. The molecule has 78 valence electrons. The van der Waals surface area contributed by atoms with Crippen LogP contribution in [0.3, 0.4) is 0 Å². The second-order valence-corrected chi connectivity index (χ2v) is 2.98. The highest BCUT2D eigenvalue weighted by molar-refractivity contribution is 5.95. The largest absolute Gasteiger partial charge is 0.507 e. The zero-order valence-corrected chi connectivity index (χ0v) is 8.57. The average Bonchev–Trinajstić information content (AvgIpc) is 2.21. The summed E-state index contributed by atoms with van der Waals surface area (Å²) in [7, 11) is 0. The van der Waals surface area contributed by atoms with E-state index in [1.165, 1.54) is 6.07 Å². The normalized spacial score (nSPS) is 9.40. The topological polar surface area (TPSA) is 70.3 Å². The van der Waals surface area contributed by atoms with Crippen molar-refractivity contribution in [3.63, 3.8) is 0 Å². The van der Waals surface area contributed by atoms with Gasteiger partial charge in [-0.05, 0) is 25.5 Å². The lowest BCUT2D eigenvalue weighted by Gasteiger charge is -2.07. The van der Waals surface area contributed by atoms with E-state index in [-0.39, 0.29) is 23.5 Å². The molecule has 0 saturated carbocycles. The number of carbonyl (C=O) groups is 1. The van der Waals surface area contributed by atoms with Crippen molar-refractivity contribution in [2.75, 3.05) is 6.61 Å². The van der Waals surface area contributed by atoms with Gasteiger partial charge in [-0.2, -0.15) is 5.26 Å². The maximum absolute atomic E-state index is 11.5. The molecule has 0 spiro atoms. The van der Waals surface area contributed by atoms with Gasteiger partial charge in [-0.15, -0.1) is 0 Å². The van der Waals surface area contributed by atoms with E-state index in [2.05, 4.69) is 0 Å². The molecule has 0 saturated heterocycles. The van der Waals surface area contributed by atoms with Crippen LogP contribution in [0.15, 0.2) is 12.1 Å². The summed E-state index contributed by atoms with van der Waals surface area (Å²) in [4.78, 5) is 11.5. The molecule has 0 bridgehead atoms. The van der Waals surface area contributed by atoms with E-state index in [4.69, 9.17) is 10.00 Å². The lowest BCUT2D eigenvalue weighted by molar-refractivity contribution is 0.0522. The van der Waals surface area contributed by atoms with E-state index in [9.17, 15) is 9.90 Å². The minimum Gasteiger partial charge on any atom is -0.507 e. The Balaban J connectivity index is 3.33. The van der Waals surface area contributed by atoms with E-state index in [0.717, 1.165) is 0 Å². The van der Waals surface area contributed by atoms with Crippen LogP contribution in [0.2, 0.25) is 0 Å². The Labute approximate surface area is 87.7 Å². The Bertz CT molecular complexity index is 432. The summed E-state index contributed by atoms with van der Waals surface area (Å²) in [6, 6.07) is 4.84. The van der Waals surface area contributed by atoms with Crippen molar-refractivity contribution in [1.82, 2.24) is 0 Å². The third-order valence-corrected chi connectivity index (χ3v) is 1.98. The van der Waals surface area contributed by atoms with Crippen LogP contribution in [-0.2, 0) is 4.74 Å². The van der Waals surface area contributed by atoms with Gasteiger partial charge in [0.05, 0.1) is 12.2 Å². The standard InChI is InChI=1S/C11H11NO3/c1-3-15-11(14)10-8(6-12)7(2)4-5-9(10)13/h4-5,13H,3H2,1-2H3. The van der Waals surface area contributed by atoms with Gasteiger partial charge in [0, 0.05) is 0 Å². The first kappa shape index (κ1) is 11.1. The molecule has 0 radical (unpaired) electrons. The van der Waals surface area contributed by atoms with Gasteiger partial charge in [-0.25, -0.2) is 4.79 Å². The van der Waals surface area contributed by atoms with Gasteiger partial charge in [0.1, 0.15) is 17.4 Å². The fourth-order valence-electron chi connectivity index (χ4n) is 1.25. The molecule has 1 rings (SSSR count). The quantitative estimate of drug-likeness (QED) is 0.746. The van der Waals surface area contributed by atoms with Crippen molar-refractivity contribution in [3.8, 4) is 11.8 Å². The van der Waals surface area contributed by atoms with Crippen molar-refractivity contribution in [2.45, 2.75) is 13.8 Å². The minimum absolute atomic E-state index is 0.0562. The number of aryl methyl sites for hydroxylation is 1. The summed E-state index contributed by atoms with van der Waals surface area (Å²) >= 11 is 0. The molecule has 0 aliphatic rings. The summed E-state index contributed by atoms with van der Waals surface area (Å²) in [6.45, 7) is 3.56. The number of carbonyl (C=O) groups excluding carboxylic acids is 1. The lowest BCUT2D eigenvalue weighted by Crippen LogP contribution is -2.08. The fraction of sp³-hybridized carbons (Fsp3) is 0.273. The number of esters is 1. The molecule has 15 heavy (non-hydrogen) atoms. The second kappa shape index (κ2) is 4.47. The number of benzene rings is 1. The molecular weight excluding hydrogens is 194 g/mol. The third-order valence-electron chi connectivity index (χ3n) is 1.98. The predicted molar refractivity (Wildman–Crippen MR) is 53.5 cm³/mol. The Kier molecular flexibility index (Phi) is 3.29. The van der Waals surface area contributed by atoms with Crippen molar-refractivity contribution < 1.29 is 14.6 Å². The molecule has 0 aliphatic heterocycles. The smallest absolute Gasteiger partial charge is 0.343 e. The van der Waals surface area contributed by atoms with Crippen molar-refractivity contribution in [2.24, 2.45) is 0 Å². The molecule has 1 aromatic rings. The minimum atomic E-state index is -0.671. The molecule has 4 heteroatoms. The highest BCUT2D eigenvalue weighted by atomic mass is 16.5. The summed E-state index contributed by atoms with van der Waals surface area (Å²) in [5.41, 5.74) is 0.742. The van der Waals surface area contributed by atoms with Crippen molar-refractivity contribution in [1.29, 1.82) is 5.26 Å². The van der Waals surface area contributed by atoms with Crippen LogP contribution in [0.1, 0.15) is 28.4 Å². The van der Waals surface area contributed by atoms with Crippen LogP contribution >= 0.6 is 0 Å². The molecule has 0 aliphatic carbocycles. The first-order chi connectivity index (χ1) is 7.11. The SMILES string of the molecule is CCOC(=O)c1c(O)ccc(C)c1C#N. The van der Waals surface area contributed by atoms with Crippen LogP contribution in [-0.4, -0.2) is 17.7 Å². The number of hydrogen-bond acceptors (Lipinski definition) is 4. The van der Waals surface area contributed by atoms with Gasteiger partial charge < -0.3 is 9.84 Å². The maximum atomic E-state index is 11.5. The second-order valence-electron chi connectivity index (χ2n) is 2.98. The first-order valence-electron chi connectivity index (χ1n) is 4.51. The van der Waals surface area contributed by atoms with Gasteiger partial charge in [-0.1, -0.05) is 6.07 Å². The summed E-state index contributed by atoms with van der Waals surface area (Å²) in [5.74, 6) is -0.897. The molecule has 0 unspecified atom stereocenters. The van der Waals surface area contributed by atoms with Crippen LogP contribution in [0.25, 0.3) is 0 Å². The molecule has 1 N–H and O–H groups in total. The number of phenolic OH excluding ortho intramolecular Hbond substituents is 1. The van der Waals surface area contributed by atoms with Crippen LogP contribution in [0, 0.1) is 18.3 Å².